The largest absolute Gasteiger partial charge is 0.355 e. The fourth-order valence-corrected chi connectivity index (χ4v) is 1.83. The summed E-state index contributed by atoms with van der Waals surface area (Å²) in [4.78, 5) is 2.46. The van der Waals surface area contributed by atoms with E-state index in [2.05, 4.69) is 10.2 Å². The Kier molecular flexibility index (Phi) is 3.55. The summed E-state index contributed by atoms with van der Waals surface area (Å²) in [7, 11) is 0. The zero-order chi connectivity index (χ0) is 8.93. The first-order valence-corrected chi connectivity index (χ1v) is 5.07. The maximum absolute atomic E-state index is 5.50. The Morgan fingerprint density at radius 1 is 1.31 bits per heavy atom. The van der Waals surface area contributed by atoms with Crippen LogP contribution in [-0.4, -0.2) is 57.1 Å². The second-order valence-corrected chi connectivity index (χ2v) is 3.65. The van der Waals surface area contributed by atoms with Crippen LogP contribution in [0.3, 0.4) is 0 Å². The van der Waals surface area contributed by atoms with Gasteiger partial charge in [0.2, 0.25) is 0 Å². The van der Waals surface area contributed by atoms with Crippen molar-refractivity contribution in [2.75, 3.05) is 46.1 Å². The summed E-state index contributed by atoms with van der Waals surface area (Å²) in [5.41, 5.74) is 0. The molecule has 0 aromatic heterocycles. The first-order valence-electron chi connectivity index (χ1n) is 5.07. The Labute approximate surface area is 79.2 Å². The topological polar surface area (TPSA) is 33.7 Å². The smallest absolute Gasteiger partial charge is 0.147 e. The molecule has 0 spiro atoms. The molecule has 0 radical (unpaired) electrons. The van der Waals surface area contributed by atoms with Gasteiger partial charge in [0.15, 0.2) is 0 Å². The lowest BCUT2D eigenvalue weighted by molar-refractivity contribution is -0.144. The van der Waals surface area contributed by atoms with E-state index in [4.69, 9.17) is 9.47 Å². The lowest BCUT2D eigenvalue weighted by Gasteiger charge is -2.32. The molecule has 76 valence electrons. The first kappa shape index (κ1) is 9.40. The predicted octanol–water partition coefficient (Wildman–Crippen LogP) is -0.345. The third-order valence-corrected chi connectivity index (χ3v) is 2.64. The van der Waals surface area contributed by atoms with Crippen LogP contribution >= 0.6 is 0 Å². The van der Waals surface area contributed by atoms with Gasteiger partial charge in [0, 0.05) is 32.7 Å². The van der Waals surface area contributed by atoms with Gasteiger partial charge in [-0.15, -0.1) is 0 Å². The number of nitrogens with one attached hydrogen (secondary N) is 1. The Balaban J connectivity index is 1.69. The second-order valence-electron chi connectivity index (χ2n) is 3.65. The molecule has 0 aromatic carbocycles. The second kappa shape index (κ2) is 4.91. The van der Waals surface area contributed by atoms with Crippen LogP contribution < -0.4 is 5.32 Å². The standard InChI is InChI=1S/C9H18N2O2/c1-6-12-8-13-9(1)7-11-4-2-10-3-5-11/h9-10H,1-8H2. The number of ether oxygens (including phenoxy) is 2. The number of piperazine rings is 1. The summed E-state index contributed by atoms with van der Waals surface area (Å²) in [5.74, 6) is 0. The monoisotopic (exact) mass is 186 g/mol. The minimum absolute atomic E-state index is 0.395. The Morgan fingerprint density at radius 3 is 2.85 bits per heavy atom. The fourth-order valence-electron chi connectivity index (χ4n) is 1.83. The number of rotatable bonds is 2. The van der Waals surface area contributed by atoms with E-state index in [-0.39, 0.29) is 0 Å². The summed E-state index contributed by atoms with van der Waals surface area (Å²) >= 11 is 0. The zero-order valence-electron chi connectivity index (χ0n) is 8.00. The van der Waals surface area contributed by atoms with E-state index in [1.54, 1.807) is 0 Å². The van der Waals surface area contributed by atoms with E-state index in [1.807, 2.05) is 0 Å². The van der Waals surface area contributed by atoms with Gasteiger partial charge in [-0.25, -0.2) is 0 Å². The molecule has 2 rings (SSSR count). The Morgan fingerprint density at radius 2 is 2.15 bits per heavy atom. The summed E-state index contributed by atoms with van der Waals surface area (Å²) in [6.45, 7) is 6.95. The molecule has 0 aliphatic carbocycles. The highest BCUT2D eigenvalue weighted by Gasteiger charge is 2.18. The van der Waals surface area contributed by atoms with Crippen molar-refractivity contribution in [1.29, 1.82) is 0 Å². The van der Waals surface area contributed by atoms with Crippen molar-refractivity contribution in [1.82, 2.24) is 10.2 Å². The Bertz CT molecular complexity index is 127. The lowest BCUT2D eigenvalue weighted by atomic mass is 10.2. The third kappa shape index (κ3) is 2.91. The molecule has 0 bridgehead atoms. The molecular formula is C9H18N2O2. The molecule has 1 unspecified atom stereocenters. The highest BCUT2D eigenvalue weighted by atomic mass is 16.7. The van der Waals surface area contributed by atoms with E-state index in [1.165, 1.54) is 0 Å². The fraction of sp³-hybridized carbons (Fsp3) is 1.00. The molecule has 4 nitrogen and oxygen atoms in total. The molecule has 2 saturated heterocycles. The van der Waals surface area contributed by atoms with E-state index in [0.717, 1.165) is 45.8 Å². The van der Waals surface area contributed by atoms with Gasteiger partial charge >= 0.3 is 0 Å². The molecule has 2 aliphatic rings. The average molecular weight is 186 g/mol. The van der Waals surface area contributed by atoms with Gasteiger partial charge in [0.25, 0.3) is 0 Å². The molecule has 1 atom stereocenters. The van der Waals surface area contributed by atoms with Crippen molar-refractivity contribution >= 4 is 0 Å². The van der Waals surface area contributed by atoms with Crippen molar-refractivity contribution in [2.24, 2.45) is 0 Å². The maximum atomic E-state index is 5.50. The predicted molar refractivity (Wildman–Crippen MR) is 49.6 cm³/mol. The summed E-state index contributed by atoms with van der Waals surface area (Å²) in [6, 6.07) is 0. The molecule has 0 saturated carbocycles. The van der Waals surface area contributed by atoms with E-state index in [9.17, 15) is 0 Å². The minimum atomic E-state index is 0.395. The van der Waals surface area contributed by atoms with Crippen LogP contribution in [0.5, 0.6) is 0 Å². The zero-order valence-corrected chi connectivity index (χ0v) is 8.00. The highest BCUT2D eigenvalue weighted by Crippen LogP contribution is 2.08. The molecule has 2 aliphatic heterocycles. The number of hydrogen-bond donors (Lipinski definition) is 1. The van der Waals surface area contributed by atoms with Gasteiger partial charge in [0.05, 0.1) is 12.7 Å². The van der Waals surface area contributed by atoms with Crippen LogP contribution in [0.4, 0.5) is 0 Å². The van der Waals surface area contributed by atoms with Crippen LogP contribution in [0.1, 0.15) is 6.42 Å². The molecule has 2 fully saturated rings. The van der Waals surface area contributed by atoms with Crippen molar-refractivity contribution in [3.05, 3.63) is 0 Å². The van der Waals surface area contributed by atoms with Crippen LogP contribution in [0.25, 0.3) is 0 Å². The van der Waals surface area contributed by atoms with Crippen molar-refractivity contribution in [3.63, 3.8) is 0 Å². The van der Waals surface area contributed by atoms with Gasteiger partial charge in [-0.1, -0.05) is 0 Å². The normalized spacial score (nSPS) is 31.8. The number of hydrogen-bond acceptors (Lipinski definition) is 4. The van der Waals surface area contributed by atoms with Crippen LogP contribution in [0, 0.1) is 0 Å². The molecule has 1 N–H and O–H groups in total. The number of nitrogens with zero attached hydrogens (tertiary/aromatic N) is 1. The maximum Gasteiger partial charge on any atom is 0.147 e. The van der Waals surface area contributed by atoms with E-state index >= 15 is 0 Å². The van der Waals surface area contributed by atoms with Crippen LogP contribution in [0.15, 0.2) is 0 Å². The van der Waals surface area contributed by atoms with Crippen molar-refractivity contribution < 1.29 is 9.47 Å². The molecular weight excluding hydrogens is 168 g/mol. The third-order valence-electron chi connectivity index (χ3n) is 2.64. The van der Waals surface area contributed by atoms with Gasteiger partial charge < -0.3 is 14.8 Å². The van der Waals surface area contributed by atoms with E-state index in [0.29, 0.717) is 12.9 Å². The molecule has 0 amide bonds. The van der Waals surface area contributed by atoms with Crippen molar-refractivity contribution in [2.45, 2.75) is 12.5 Å². The Hall–Kier alpha value is -0.160. The molecule has 2 heterocycles. The molecule has 0 aromatic rings. The average Bonchev–Trinajstić information content (AvgIpc) is 2.21. The molecule has 13 heavy (non-hydrogen) atoms. The summed E-state index contributed by atoms with van der Waals surface area (Å²) < 4.78 is 10.6. The van der Waals surface area contributed by atoms with Gasteiger partial charge in [0.1, 0.15) is 6.79 Å². The minimum Gasteiger partial charge on any atom is -0.355 e. The van der Waals surface area contributed by atoms with Crippen LogP contribution in [-0.2, 0) is 9.47 Å². The van der Waals surface area contributed by atoms with Gasteiger partial charge in [-0.2, -0.15) is 0 Å². The quantitative estimate of drug-likeness (QED) is 0.639. The lowest BCUT2D eigenvalue weighted by Crippen LogP contribution is -2.47. The van der Waals surface area contributed by atoms with Crippen molar-refractivity contribution in [3.8, 4) is 0 Å². The highest BCUT2D eigenvalue weighted by molar-refractivity contribution is 4.72. The van der Waals surface area contributed by atoms with Gasteiger partial charge in [-0.3, -0.25) is 4.90 Å². The van der Waals surface area contributed by atoms with E-state index < -0.39 is 0 Å². The summed E-state index contributed by atoms with van der Waals surface area (Å²) in [5, 5.41) is 3.34. The SMILES string of the molecule is C1CN(CC2CCOCO2)CCN1. The molecule has 4 heteroatoms. The summed E-state index contributed by atoms with van der Waals surface area (Å²) in [6.07, 6.45) is 1.44. The first-order chi connectivity index (χ1) is 6.45. The van der Waals surface area contributed by atoms with Crippen LogP contribution in [0.2, 0.25) is 0 Å². The van der Waals surface area contributed by atoms with Gasteiger partial charge in [-0.05, 0) is 6.42 Å².